The summed E-state index contributed by atoms with van der Waals surface area (Å²) >= 11 is 0. The lowest BCUT2D eigenvalue weighted by atomic mass is 9.73. The second kappa shape index (κ2) is 5.65. The summed E-state index contributed by atoms with van der Waals surface area (Å²) in [5.41, 5.74) is 6.53. The van der Waals surface area contributed by atoms with Crippen LogP contribution in [0.25, 0.3) is 0 Å². The summed E-state index contributed by atoms with van der Waals surface area (Å²) in [5, 5.41) is 0. The van der Waals surface area contributed by atoms with Crippen LogP contribution in [0.3, 0.4) is 0 Å². The van der Waals surface area contributed by atoms with Crippen molar-refractivity contribution in [3.8, 4) is 0 Å². The number of pyridine rings is 1. The summed E-state index contributed by atoms with van der Waals surface area (Å²) in [6.07, 6.45) is 3.21. The van der Waals surface area contributed by atoms with E-state index in [9.17, 15) is 4.79 Å². The van der Waals surface area contributed by atoms with E-state index in [0.717, 1.165) is 17.7 Å². The van der Waals surface area contributed by atoms with E-state index in [2.05, 4.69) is 4.98 Å². The van der Waals surface area contributed by atoms with E-state index in [4.69, 9.17) is 5.73 Å². The van der Waals surface area contributed by atoms with E-state index < -0.39 is 5.41 Å². The highest BCUT2D eigenvalue weighted by Gasteiger charge is 2.40. The normalized spacial score (nSPS) is 13.7. The van der Waals surface area contributed by atoms with Gasteiger partial charge in [0.05, 0.1) is 5.69 Å². The minimum Gasteiger partial charge on any atom is -0.369 e. The SMILES string of the molecule is CCCC(C(N)=O)(c1ccccc1)c1ccccn1. The number of primary amides is 1. The van der Waals surface area contributed by atoms with Crippen LogP contribution in [0.4, 0.5) is 0 Å². The van der Waals surface area contributed by atoms with Crippen molar-refractivity contribution in [1.29, 1.82) is 0 Å². The van der Waals surface area contributed by atoms with Gasteiger partial charge in [-0.2, -0.15) is 0 Å². The largest absolute Gasteiger partial charge is 0.369 e. The third-order valence-electron chi connectivity index (χ3n) is 3.41. The molecule has 1 aromatic carbocycles. The first-order valence-corrected chi connectivity index (χ1v) is 6.48. The summed E-state index contributed by atoms with van der Waals surface area (Å²) in [6.45, 7) is 2.05. The smallest absolute Gasteiger partial charge is 0.234 e. The maximum atomic E-state index is 12.2. The molecular weight excluding hydrogens is 236 g/mol. The van der Waals surface area contributed by atoms with Crippen molar-refractivity contribution in [3.63, 3.8) is 0 Å². The minimum atomic E-state index is -0.836. The van der Waals surface area contributed by atoms with Gasteiger partial charge in [0.15, 0.2) is 0 Å². The lowest BCUT2D eigenvalue weighted by Crippen LogP contribution is -2.43. The molecule has 19 heavy (non-hydrogen) atoms. The van der Waals surface area contributed by atoms with Gasteiger partial charge in [0.25, 0.3) is 0 Å². The summed E-state index contributed by atoms with van der Waals surface area (Å²) in [6, 6.07) is 15.2. The molecule has 1 unspecified atom stereocenters. The minimum absolute atomic E-state index is 0.348. The molecule has 3 nitrogen and oxygen atoms in total. The van der Waals surface area contributed by atoms with Crippen molar-refractivity contribution in [2.24, 2.45) is 5.73 Å². The molecular formula is C16H18N2O. The van der Waals surface area contributed by atoms with E-state index in [0.29, 0.717) is 6.42 Å². The number of rotatable bonds is 5. The van der Waals surface area contributed by atoms with Crippen molar-refractivity contribution in [1.82, 2.24) is 4.98 Å². The van der Waals surface area contributed by atoms with Crippen LogP contribution in [0.15, 0.2) is 54.7 Å². The predicted octanol–water partition coefficient (Wildman–Crippen LogP) is 2.65. The first-order chi connectivity index (χ1) is 9.21. The number of nitrogens with zero attached hydrogens (tertiary/aromatic N) is 1. The van der Waals surface area contributed by atoms with Crippen LogP contribution in [0, 0.1) is 0 Å². The van der Waals surface area contributed by atoms with Crippen molar-refractivity contribution in [2.45, 2.75) is 25.2 Å². The van der Waals surface area contributed by atoms with E-state index >= 15 is 0 Å². The Morgan fingerprint density at radius 3 is 2.37 bits per heavy atom. The summed E-state index contributed by atoms with van der Waals surface area (Å²) in [5.74, 6) is -0.348. The van der Waals surface area contributed by atoms with Crippen LogP contribution in [0.5, 0.6) is 0 Å². The van der Waals surface area contributed by atoms with E-state index in [1.54, 1.807) is 6.20 Å². The third kappa shape index (κ3) is 2.36. The van der Waals surface area contributed by atoms with Crippen molar-refractivity contribution in [2.75, 3.05) is 0 Å². The Kier molecular flexibility index (Phi) is 3.95. The third-order valence-corrected chi connectivity index (χ3v) is 3.41. The molecule has 0 saturated carbocycles. The average Bonchev–Trinajstić information content (AvgIpc) is 2.46. The second-order valence-electron chi connectivity index (χ2n) is 4.60. The van der Waals surface area contributed by atoms with Gasteiger partial charge in [0.1, 0.15) is 5.41 Å². The monoisotopic (exact) mass is 254 g/mol. The predicted molar refractivity (Wildman–Crippen MR) is 75.6 cm³/mol. The Morgan fingerprint density at radius 1 is 1.16 bits per heavy atom. The molecule has 0 bridgehead atoms. The number of aromatic nitrogens is 1. The second-order valence-corrected chi connectivity index (χ2v) is 4.60. The fraction of sp³-hybridized carbons (Fsp3) is 0.250. The molecule has 0 aliphatic heterocycles. The zero-order valence-corrected chi connectivity index (χ0v) is 11.0. The van der Waals surface area contributed by atoms with Gasteiger partial charge in [-0.25, -0.2) is 0 Å². The molecule has 3 heteroatoms. The van der Waals surface area contributed by atoms with Gasteiger partial charge in [0.2, 0.25) is 5.91 Å². The number of carbonyl (C=O) groups excluding carboxylic acids is 1. The molecule has 1 heterocycles. The Balaban J connectivity index is 2.65. The molecule has 0 aliphatic carbocycles. The highest BCUT2D eigenvalue weighted by molar-refractivity contribution is 5.90. The molecule has 2 rings (SSSR count). The molecule has 98 valence electrons. The van der Waals surface area contributed by atoms with Gasteiger partial charge in [-0.3, -0.25) is 9.78 Å². The van der Waals surface area contributed by atoms with Gasteiger partial charge in [-0.15, -0.1) is 0 Å². The lowest BCUT2D eigenvalue weighted by Gasteiger charge is -2.30. The first-order valence-electron chi connectivity index (χ1n) is 6.48. The molecule has 0 spiro atoms. The quantitative estimate of drug-likeness (QED) is 0.891. The highest BCUT2D eigenvalue weighted by atomic mass is 16.1. The summed E-state index contributed by atoms with van der Waals surface area (Å²) < 4.78 is 0. The van der Waals surface area contributed by atoms with Gasteiger partial charge < -0.3 is 5.73 Å². The molecule has 0 fully saturated rings. The van der Waals surface area contributed by atoms with Crippen LogP contribution in [-0.4, -0.2) is 10.9 Å². The molecule has 1 amide bonds. The lowest BCUT2D eigenvalue weighted by molar-refractivity contribution is -0.122. The Labute approximate surface area is 113 Å². The Bertz CT molecular complexity index is 498. The number of hydrogen-bond donors (Lipinski definition) is 1. The van der Waals surface area contributed by atoms with E-state index in [1.165, 1.54) is 0 Å². The zero-order valence-electron chi connectivity index (χ0n) is 11.0. The fourth-order valence-corrected chi connectivity index (χ4v) is 2.52. The zero-order chi connectivity index (χ0) is 13.7. The average molecular weight is 254 g/mol. The topological polar surface area (TPSA) is 56.0 Å². The molecule has 2 aromatic rings. The standard InChI is InChI=1S/C16H18N2O/c1-2-11-16(15(17)19,13-8-4-3-5-9-13)14-10-6-7-12-18-14/h3-10,12H,2,11H2,1H3,(H2,17,19). The molecule has 1 aromatic heterocycles. The summed E-state index contributed by atoms with van der Waals surface area (Å²) in [4.78, 5) is 16.6. The van der Waals surface area contributed by atoms with Gasteiger partial charge in [0, 0.05) is 6.20 Å². The van der Waals surface area contributed by atoms with Crippen LogP contribution in [0.1, 0.15) is 31.0 Å². The molecule has 2 N–H and O–H groups in total. The van der Waals surface area contributed by atoms with Crippen LogP contribution >= 0.6 is 0 Å². The Hall–Kier alpha value is -2.16. The number of nitrogens with two attached hydrogens (primary N) is 1. The first kappa shape index (κ1) is 13.3. The number of benzene rings is 1. The molecule has 0 aliphatic rings. The van der Waals surface area contributed by atoms with Crippen molar-refractivity contribution in [3.05, 3.63) is 66.0 Å². The van der Waals surface area contributed by atoms with Crippen LogP contribution in [-0.2, 0) is 10.2 Å². The van der Waals surface area contributed by atoms with Crippen molar-refractivity contribution >= 4 is 5.91 Å². The van der Waals surface area contributed by atoms with Crippen LogP contribution < -0.4 is 5.73 Å². The van der Waals surface area contributed by atoms with Gasteiger partial charge in [-0.1, -0.05) is 49.7 Å². The number of amides is 1. The van der Waals surface area contributed by atoms with E-state index in [1.807, 2.05) is 55.5 Å². The maximum absolute atomic E-state index is 12.2. The highest BCUT2D eigenvalue weighted by Crippen LogP contribution is 2.35. The van der Waals surface area contributed by atoms with Crippen LogP contribution in [0.2, 0.25) is 0 Å². The van der Waals surface area contributed by atoms with E-state index in [-0.39, 0.29) is 5.91 Å². The van der Waals surface area contributed by atoms with Crippen molar-refractivity contribution < 1.29 is 4.79 Å². The molecule has 0 saturated heterocycles. The number of carbonyl (C=O) groups is 1. The fourth-order valence-electron chi connectivity index (χ4n) is 2.52. The molecule has 1 atom stereocenters. The maximum Gasteiger partial charge on any atom is 0.234 e. The molecule has 0 radical (unpaired) electrons. The Morgan fingerprint density at radius 2 is 1.84 bits per heavy atom. The van der Waals surface area contributed by atoms with Gasteiger partial charge in [-0.05, 0) is 24.1 Å². The summed E-state index contributed by atoms with van der Waals surface area (Å²) in [7, 11) is 0. The number of hydrogen-bond acceptors (Lipinski definition) is 2. The van der Waals surface area contributed by atoms with Gasteiger partial charge >= 0.3 is 0 Å².